The number of fused-ring (bicyclic) bond motifs is 1. The first-order chi connectivity index (χ1) is 12.0. The van der Waals surface area contributed by atoms with Crippen molar-refractivity contribution in [3.63, 3.8) is 0 Å². The summed E-state index contributed by atoms with van der Waals surface area (Å²) in [7, 11) is 0. The average molecular weight is 358 g/mol. The van der Waals surface area contributed by atoms with Crippen LogP contribution in [0.5, 0.6) is 0 Å². The quantitative estimate of drug-likeness (QED) is 0.775. The first-order valence-electron chi connectivity index (χ1n) is 7.96. The number of aryl methyl sites for hydroxylation is 1. The minimum absolute atomic E-state index is 0.148. The lowest BCUT2D eigenvalue weighted by Gasteiger charge is -2.03. The van der Waals surface area contributed by atoms with Crippen molar-refractivity contribution in [2.75, 3.05) is 0 Å². The van der Waals surface area contributed by atoms with Gasteiger partial charge in [-0.1, -0.05) is 23.5 Å². The maximum absolute atomic E-state index is 13.0. The lowest BCUT2D eigenvalue weighted by Crippen LogP contribution is -2.25. The minimum atomic E-state index is -0.431. The molecule has 0 radical (unpaired) electrons. The highest BCUT2D eigenvalue weighted by molar-refractivity contribution is 7.19. The summed E-state index contributed by atoms with van der Waals surface area (Å²) in [6, 6.07) is 6.16. The summed E-state index contributed by atoms with van der Waals surface area (Å²) in [4.78, 5) is 29.5. The van der Waals surface area contributed by atoms with Crippen molar-refractivity contribution in [3.8, 4) is 0 Å². The second-order valence-corrected chi connectivity index (χ2v) is 7.10. The predicted octanol–water partition coefficient (Wildman–Crippen LogP) is 2.08. The largest absolute Gasteiger partial charge is 0.349 e. The zero-order valence-corrected chi connectivity index (χ0v) is 14.3. The van der Waals surface area contributed by atoms with E-state index < -0.39 is 5.56 Å². The molecule has 2 heterocycles. The fourth-order valence-corrected chi connectivity index (χ4v) is 3.51. The third kappa shape index (κ3) is 3.17. The van der Waals surface area contributed by atoms with Crippen molar-refractivity contribution in [2.45, 2.75) is 32.2 Å². The van der Waals surface area contributed by atoms with Crippen molar-refractivity contribution < 1.29 is 9.18 Å². The fraction of sp³-hybridized carbons (Fsp3) is 0.294. The van der Waals surface area contributed by atoms with E-state index in [1.165, 1.54) is 16.6 Å². The number of carbonyl (C=O) groups excluding carboxylic acids is 1. The first kappa shape index (κ1) is 15.9. The highest BCUT2D eigenvalue weighted by Crippen LogP contribution is 2.23. The second kappa shape index (κ2) is 6.03. The van der Waals surface area contributed by atoms with Gasteiger partial charge in [-0.2, -0.15) is 10.1 Å². The van der Waals surface area contributed by atoms with Crippen LogP contribution in [0.2, 0.25) is 0 Å². The fourth-order valence-electron chi connectivity index (χ4n) is 2.55. The molecule has 0 unspecified atom stereocenters. The Morgan fingerprint density at radius 2 is 2.08 bits per heavy atom. The van der Waals surface area contributed by atoms with Crippen LogP contribution in [0.1, 0.15) is 39.5 Å². The Labute approximate surface area is 146 Å². The molecule has 3 aromatic rings. The molecule has 25 heavy (non-hydrogen) atoms. The molecule has 1 aliphatic rings. The molecule has 0 spiro atoms. The normalized spacial score (nSPS) is 14.0. The zero-order valence-electron chi connectivity index (χ0n) is 13.5. The van der Waals surface area contributed by atoms with Crippen LogP contribution in [-0.4, -0.2) is 26.5 Å². The van der Waals surface area contributed by atoms with Gasteiger partial charge in [-0.15, -0.1) is 0 Å². The van der Waals surface area contributed by atoms with E-state index in [1.807, 2.05) is 0 Å². The molecule has 6 nitrogen and oxygen atoms in total. The monoisotopic (exact) mass is 358 g/mol. The van der Waals surface area contributed by atoms with Gasteiger partial charge in [0.1, 0.15) is 16.4 Å². The molecule has 8 heteroatoms. The van der Waals surface area contributed by atoms with Gasteiger partial charge in [0.05, 0.1) is 5.69 Å². The maximum atomic E-state index is 13.0. The summed E-state index contributed by atoms with van der Waals surface area (Å²) in [5, 5.41) is 7.30. The Balaban J connectivity index is 1.70. The van der Waals surface area contributed by atoms with Crippen molar-refractivity contribution >= 4 is 22.2 Å². The number of nitrogens with one attached hydrogen (secondary N) is 1. The number of rotatable bonds is 4. The summed E-state index contributed by atoms with van der Waals surface area (Å²) in [5.41, 5.74) is 1.26. The molecule has 4 rings (SSSR count). The van der Waals surface area contributed by atoms with Gasteiger partial charge in [0.25, 0.3) is 11.5 Å². The molecule has 1 aliphatic carbocycles. The van der Waals surface area contributed by atoms with Crippen LogP contribution in [0.25, 0.3) is 4.96 Å². The summed E-state index contributed by atoms with van der Waals surface area (Å²) in [5.74, 6) is -0.480. The Kier molecular flexibility index (Phi) is 3.84. The van der Waals surface area contributed by atoms with Gasteiger partial charge in [0.15, 0.2) is 0 Å². The van der Waals surface area contributed by atoms with Crippen molar-refractivity contribution in [2.24, 2.45) is 0 Å². The van der Waals surface area contributed by atoms with Crippen LogP contribution in [0.4, 0.5) is 4.39 Å². The van der Waals surface area contributed by atoms with E-state index in [9.17, 15) is 14.0 Å². The first-order valence-corrected chi connectivity index (χ1v) is 8.77. The molecular formula is C17H15FN4O2S. The lowest BCUT2D eigenvalue weighted by atomic mass is 10.1. The molecule has 1 N–H and O–H groups in total. The summed E-state index contributed by atoms with van der Waals surface area (Å²) in [6.07, 6.45) is 2.27. The van der Waals surface area contributed by atoms with Gasteiger partial charge in [-0.3, -0.25) is 9.59 Å². The third-order valence-corrected chi connectivity index (χ3v) is 5.22. The number of nitrogens with zero attached hydrogens (tertiary/aromatic N) is 3. The van der Waals surface area contributed by atoms with Crippen molar-refractivity contribution in [1.82, 2.24) is 19.9 Å². The van der Waals surface area contributed by atoms with E-state index in [0.29, 0.717) is 15.5 Å². The molecule has 0 atom stereocenters. The average Bonchev–Trinajstić information content (AvgIpc) is 3.34. The van der Waals surface area contributed by atoms with Crippen LogP contribution in [0.15, 0.2) is 29.1 Å². The molecule has 1 amide bonds. The number of carbonyl (C=O) groups is 1. The molecule has 1 aromatic carbocycles. The Morgan fingerprint density at radius 1 is 1.36 bits per heavy atom. The minimum Gasteiger partial charge on any atom is -0.349 e. The van der Waals surface area contributed by atoms with Crippen molar-refractivity contribution in [3.05, 3.63) is 62.3 Å². The van der Waals surface area contributed by atoms with Gasteiger partial charge in [0, 0.05) is 12.5 Å². The zero-order chi connectivity index (χ0) is 17.6. The predicted molar refractivity (Wildman–Crippen MR) is 91.6 cm³/mol. The smallest absolute Gasteiger partial charge is 0.296 e. The molecule has 1 saturated carbocycles. The highest BCUT2D eigenvalue weighted by atomic mass is 32.1. The maximum Gasteiger partial charge on any atom is 0.296 e. The summed E-state index contributed by atoms with van der Waals surface area (Å²) < 4.78 is 14.5. The molecule has 0 aliphatic heterocycles. The van der Waals surface area contributed by atoms with E-state index in [-0.39, 0.29) is 29.9 Å². The van der Waals surface area contributed by atoms with Crippen LogP contribution in [0.3, 0.4) is 0 Å². The summed E-state index contributed by atoms with van der Waals surface area (Å²) >= 11 is 1.16. The van der Waals surface area contributed by atoms with Crippen LogP contribution in [-0.2, 0) is 6.42 Å². The lowest BCUT2D eigenvalue weighted by molar-refractivity contribution is 0.0954. The van der Waals surface area contributed by atoms with E-state index >= 15 is 0 Å². The number of thiazole rings is 1. The Hall–Kier alpha value is -2.61. The van der Waals surface area contributed by atoms with Gasteiger partial charge in [-0.25, -0.2) is 8.91 Å². The van der Waals surface area contributed by atoms with Gasteiger partial charge >= 0.3 is 0 Å². The van der Waals surface area contributed by atoms with Crippen LogP contribution < -0.4 is 10.9 Å². The van der Waals surface area contributed by atoms with Crippen LogP contribution in [0, 0.1) is 12.7 Å². The molecule has 2 aromatic heterocycles. The molecule has 128 valence electrons. The molecular weight excluding hydrogens is 343 g/mol. The van der Waals surface area contributed by atoms with Crippen LogP contribution >= 0.6 is 11.3 Å². The van der Waals surface area contributed by atoms with E-state index in [4.69, 9.17) is 0 Å². The summed E-state index contributed by atoms with van der Waals surface area (Å²) in [6.45, 7) is 1.78. The Bertz CT molecular complexity index is 1020. The number of aromatic nitrogens is 3. The SMILES string of the molecule is Cc1c(C(=O)NC2CC2)sc2nc(=O)c(Cc3ccc(F)cc3)nn12. The van der Waals surface area contributed by atoms with E-state index in [0.717, 1.165) is 29.7 Å². The van der Waals surface area contributed by atoms with Gasteiger partial charge in [-0.05, 0) is 37.5 Å². The Morgan fingerprint density at radius 3 is 2.76 bits per heavy atom. The number of halogens is 1. The van der Waals surface area contributed by atoms with E-state index in [1.54, 1.807) is 19.1 Å². The number of amides is 1. The number of hydrogen-bond acceptors (Lipinski definition) is 5. The van der Waals surface area contributed by atoms with Crippen molar-refractivity contribution in [1.29, 1.82) is 0 Å². The number of benzene rings is 1. The van der Waals surface area contributed by atoms with Gasteiger partial charge < -0.3 is 5.32 Å². The van der Waals surface area contributed by atoms with E-state index in [2.05, 4.69) is 15.4 Å². The standard InChI is InChI=1S/C17H15FN4O2S/c1-9-14(16(24)19-12-6-7-12)25-17-20-15(23)13(21-22(9)17)8-10-2-4-11(18)5-3-10/h2-5,12H,6-8H2,1H3,(H,19,24). The van der Waals surface area contributed by atoms with Gasteiger partial charge in [0.2, 0.25) is 4.96 Å². The highest BCUT2D eigenvalue weighted by Gasteiger charge is 2.26. The topological polar surface area (TPSA) is 76.4 Å². The molecule has 1 fully saturated rings. The second-order valence-electron chi connectivity index (χ2n) is 6.13. The third-order valence-electron chi connectivity index (χ3n) is 4.09. The molecule has 0 bridgehead atoms. The molecule has 0 saturated heterocycles. The number of hydrogen-bond donors (Lipinski definition) is 1.